The third kappa shape index (κ3) is 5.16. The van der Waals surface area contributed by atoms with Gasteiger partial charge in [0.2, 0.25) is 0 Å². The second-order valence-electron chi connectivity index (χ2n) is 8.27. The van der Waals surface area contributed by atoms with Crippen molar-refractivity contribution in [1.82, 2.24) is 4.90 Å². The molecular weight excluding hydrogens is 364 g/mol. The lowest BCUT2D eigenvalue weighted by Gasteiger charge is -2.36. The zero-order chi connectivity index (χ0) is 20.7. The quantitative estimate of drug-likeness (QED) is 0.455. The van der Waals surface area contributed by atoms with E-state index in [0.29, 0.717) is 17.1 Å². The predicted octanol–water partition coefficient (Wildman–Crippen LogP) is 7.01. The zero-order valence-corrected chi connectivity index (χ0v) is 18.6. The van der Waals surface area contributed by atoms with Crippen LogP contribution in [0.2, 0.25) is 5.02 Å². The molecule has 0 aromatic heterocycles. The number of nitrogens with zero attached hydrogens (tertiary/aromatic N) is 2. The molecule has 0 saturated heterocycles. The molecule has 150 valence electrons. The standard InChI is InChI=1S/C25H33ClN2/c1-19(2)25(18-27,23-12-14-24(26)15-13-23)16-9-17-28(20(3)4)21(5)22-10-7-6-8-11-22/h6-8,10-15,19-21H,9,16-17H2,1-5H3. The normalized spacial score (nSPS) is 14.9. The van der Waals surface area contributed by atoms with Crippen LogP contribution >= 0.6 is 11.6 Å². The first-order valence-electron chi connectivity index (χ1n) is 10.3. The molecule has 0 bridgehead atoms. The molecule has 0 aliphatic carbocycles. The first-order chi connectivity index (χ1) is 13.3. The Labute approximate surface area is 176 Å². The summed E-state index contributed by atoms with van der Waals surface area (Å²) < 4.78 is 0. The van der Waals surface area contributed by atoms with Crippen molar-refractivity contribution >= 4 is 11.6 Å². The van der Waals surface area contributed by atoms with Gasteiger partial charge in [-0.25, -0.2) is 0 Å². The van der Waals surface area contributed by atoms with Crippen molar-refractivity contribution < 1.29 is 0 Å². The highest BCUT2D eigenvalue weighted by Gasteiger charge is 2.35. The third-order valence-corrected chi connectivity index (χ3v) is 6.23. The minimum Gasteiger partial charge on any atom is -0.294 e. The topological polar surface area (TPSA) is 27.0 Å². The van der Waals surface area contributed by atoms with E-state index in [4.69, 9.17) is 11.6 Å². The summed E-state index contributed by atoms with van der Waals surface area (Å²) in [5.41, 5.74) is 1.93. The minimum atomic E-state index is -0.483. The van der Waals surface area contributed by atoms with Gasteiger partial charge in [0.25, 0.3) is 0 Å². The maximum atomic E-state index is 10.1. The van der Waals surface area contributed by atoms with Gasteiger partial charge in [-0.3, -0.25) is 4.90 Å². The molecule has 2 aromatic carbocycles. The molecule has 2 aromatic rings. The largest absolute Gasteiger partial charge is 0.294 e. The smallest absolute Gasteiger partial charge is 0.0845 e. The Kier molecular flexibility index (Phi) is 8.10. The number of benzene rings is 2. The molecule has 0 heterocycles. The fraction of sp³-hybridized carbons (Fsp3) is 0.480. The minimum absolute atomic E-state index is 0.234. The van der Waals surface area contributed by atoms with Crippen molar-refractivity contribution in [2.45, 2.75) is 65.0 Å². The van der Waals surface area contributed by atoms with Gasteiger partial charge < -0.3 is 0 Å². The van der Waals surface area contributed by atoms with Crippen molar-refractivity contribution in [2.24, 2.45) is 5.92 Å². The van der Waals surface area contributed by atoms with Crippen molar-refractivity contribution in [2.75, 3.05) is 6.54 Å². The van der Waals surface area contributed by atoms with E-state index in [0.717, 1.165) is 24.9 Å². The van der Waals surface area contributed by atoms with Gasteiger partial charge in [-0.05, 0) is 69.3 Å². The van der Waals surface area contributed by atoms with Crippen LogP contribution in [0.1, 0.15) is 64.6 Å². The summed E-state index contributed by atoms with van der Waals surface area (Å²) in [7, 11) is 0. The van der Waals surface area contributed by atoms with Gasteiger partial charge in [0.05, 0.1) is 11.5 Å². The van der Waals surface area contributed by atoms with E-state index in [1.807, 2.05) is 24.3 Å². The van der Waals surface area contributed by atoms with Crippen LogP contribution in [0.15, 0.2) is 54.6 Å². The molecule has 0 amide bonds. The molecule has 0 fully saturated rings. The Morgan fingerprint density at radius 3 is 2.07 bits per heavy atom. The molecule has 0 saturated carbocycles. The Morgan fingerprint density at radius 1 is 0.964 bits per heavy atom. The fourth-order valence-electron chi connectivity index (χ4n) is 4.13. The van der Waals surface area contributed by atoms with Gasteiger partial charge in [0.15, 0.2) is 0 Å². The second-order valence-corrected chi connectivity index (χ2v) is 8.70. The van der Waals surface area contributed by atoms with E-state index in [9.17, 15) is 5.26 Å². The number of hydrogen-bond acceptors (Lipinski definition) is 2. The van der Waals surface area contributed by atoms with Crippen LogP contribution in [0.25, 0.3) is 0 Å². The lowest BCUT2D eigenvalue weighted by molar-refractivity contribution is 0.156. The molecule has 2 atom stereocenters. The van der Waals surface area contributed by atoms with E-state index in [2.05, 4.69) is 75.9 Å². The van der Waals surface area contributed by atoms with Gasteiger partial charge in [-0.15, -0.1) is 0 Å². The molecule has 0 spiro atoms. The molecule has 2 nitrogen and oxygen atoms in total. The first-order valence-corrected chi connectivity index (χ1v) is 10.7. The summed E-state index contributed by atoms with van der Waals surface area (Å²) in [4.78, 5) is 2.53. The summed E-state index contributed by atoms with van der Waals surface area (Å²) in [5.74, 6) is 0.234. The number of halogens is 1. The maximum Gasteiger partial charge on any atom is 0.0845 e. The SMILES string of the molecule is CC(C)N(CCCC(C#N)(c1ccc(Cl)cc1)C(C)C)C(C)c1ccccc1. The molecular formula is C25H33ClN2. The number of rotatable bonds is 9. The van der Waals surface area contributed by atoms with E-state index in [-0.39, 0.29) is 5.92 Å². The van der Waals surface area contributed by atoms with Crippen LogP contribution in [0.3, 0.4) is 0 Å². The van der Waals surface area contributed by atoms with Gasteiger partial charge in [-0.2, -0.15) is 5.26 Å². The number of hydrogen-bond donors (Lipinski definition) is 0. The van der Waals surface area contributed by atoms with Crippen LogP contribution in [0, 0.1) is 17.2 Å². The predicted molar refractivity (Wildman–Crippen MR) is 120 cm³/mol. The van der Waals surface area contributed by atoms with E-state index < -0.39 is 5.41 Å². The van der Waals surface area contributed by atoms with Crippen molar-refractivity contribution in [1.29, 1.82) is 5.26 Å². The summed E-state index contributed by atoms with van der Waals surface area (Å²) in [6.07, 6.45) is 1.82. The van der Waals surface area contributed by atoms with Gasteiger partial charge in [-0.1, -0.05) is 67.9 Å². The Balaban J connectivity index is 2.15. The molecule has 2 unspecified atom stereocenters. The highest BCUT2D eigenvalue weighted by Crippen LogP contribution is 2.37. The Morgan fingerprint density at radius 2 is 1.57 bits per heavy atom. The molecule has 0 aliphatic rings. The van der Waals surface area contributed by atoms with Gasteiger partial charge in [0.1, 0.15) is 0 Å². The van der Waals surface area contributed by atoms with Crippen LogP contribution in [-0.4, -0.2) is 17.5 Å². The monoisotopic (exact) mass is 396 g/mol. The lowest BCUT2D eigenvalue weighted by atomic mass is 9.70. The zero-order valence-electron chi connectivity index (χ0n) is 17.8. The summed E-state index contributed by atoms with van der Waals surface area (Å²) >= 11 is 6.07. The van der Waals surface area contributed by atoms with Crippen molar-refractivity contribution in [3.05, 3.63) is 70.7 Å². The molecule has 0 radical (unpaired) electrons. The number of nitriles is 1. The molecule has 2 rings (SSSR count). The van der Waals surface area contributed by atoms with Crippen LogP contribution < -0.4 is 0 Å². The summed E-state index contributed by atoms with van der Waals surface area (Å²) in [6, 6.07) is 21.9. The second kappa shape index (κ2) is 10.1. The highest BCUT2D eigenvalue weighted by atomic mass is 35.5. The first kappa shape index (κ1) is 22.5. The molecule has 0 aliphatic heterocycles. The van der Waals surface area contributed by atoms with Gasteiger partial charge >= 0.3 is 0 Å². The van der Waals surface area contributed by atoms with E-state index in [1.54, 1.807) is 0 Å². The summed E-state index contributed by atoms with van der Waals surface area (Å²) in [5, 5.41) is 10.8. The van der Waals surface area contributed by atoms with Crippen molar-refractivity contribution in [3.8, 4) is 6.07 Å². The Bertz CT molecular complexity index is 761. The van der Waals surface area contributed by atoms with Crippen molar-refractivity contribution in [3.63, 3.8) is 0 Å². The Hall–Kier alpha value is -1.82. The van der Waals surface area contributed by atoms with Crippen LogP contribution in [0.4, 0.5) is 0 Å². The lowest BCUT2D eigenvalue weighted by Crippen LogP contribution is -2.36. The van der Waals surface area contributed by atoms with Gasteiger partial charge in [0, 0.05) is 17.1 Å². The average molecular weight is 397 g/mol. The maximum absolute atomic E-state index is 10.1. The van der Waals surface area contributed by atoms with E-state index in [1.165, 1.54) is 5.56 Å². The molecule has 3 heteroatoms. The van der Waals surface area contributed by atoms with Crippen LogP contribution in [-0.2, 0) is 5.41 Å². The summed E-state index contributed by atoms with van der Waals surface area (Å²) in [6.45, 7) is 12.0. The third-order valence-electron chi connectivity index (χ3n) is 5.97. The average Bonchev–Trinajstić information content (AvgIpc) is 2.69. The highest BCUT2D eigenvalue weighted by molar-refractivity contribution is 6.30. The molecule has 28 heavy (non-hydrogen) atoms. The van der Waals surface area contributed by atoms with Crippen LogP contribution in [0.5, 0.6) is 0 Å². The van der Waals surface area contributed by atoms with E-state index >= 15 is 0 Å². The fourth-order valence-corrected chi connectivity index (χ4v) is 4.25. The molecule has 0 N–H and O–H groups in total.